The predicted molar refractivity (Wildman–Crippen MR) is 107 cm³/mol. The lowest BCUT2D eigenvalue weighted by Gasteiger charge is -2.14. The van der Waals surface area contributed by atoms with Crippen molar-refractivity contribution < 1.29 is 27.5 Å². The van der Waals surface area contributed by atoms with Gasteiger partial charge in [0.15, 0.2) is 5.16 Å². The van der Waals surface area contributed by atoms with Crippen molar-refractivity contribution in [2.75, 3.05) is 17.7 Å². The van der Waals surface area contributed by atoms with Crippen LogP contribution in [0.15, 0.2) is 29.4 Å². The molecular formula is C19H22F3N5O3S. The molecule has 0 aliphatic carbocycles. The number of primary amides is 1. The van der Waals surface area contributed by atoms with Crippen LogP contribution in [0.25, 0.3) is 0 Å². The summed E-state index contributed by atoms with van der Waals surface area (Å²) in [5.74, 6) is -0.271. The number of hydrogen-bond donors (Lipinski definition) is 2. The molecule has 1 fully saturated rings. The van der Waals surface area contributed by atoms with Crippen LogP contribution in [0.2, 0.25) is 0 Å². The molecule has 1 aliphatic heterocycles. The Morgan fingerprint density at radius 2 is 2.00 bits per heavy atom. The fourth-order valence-electron chi connectivity index (χ4n) is 3.09. The molecule has 0 saturated carbocycles. The molecule has 0 spiro atoms. The number of carbonyl (C=O) groups is 2. The standard InChI is InChI=1S/C19H22F3N5O3S/c20-19(21,22)12-3-5-13(6-4-12)24-17(29)11-31-18-26-25-16(8-7-15(23)28)27(18)10-14-2-1-9-30-14/h3-6,14H,1-2,7-11H2,(H2,23,28)(H,24,29). The zero-order valence-electron chi connectivity index (χ0n) is 16.5. The van der Waals surface area contributed by atoms with Gasteiger partial charge in [0.1, 0.15) is 5.82 Å². The fourth-order valence-corrected chi connectivity index (χ4v) is 3.86. The van der Waals surface area contributed by atoms with Crippen molar-refractivity contribution in [3.05, 3.63) is 35.7 Å². The topological polar surface area (TPSA) is 112 Å². The third-order valence-electron chi connectivity index (χ3n) is 4.63. The molecule has 2 amide bonds. The van der Waals surface area contributed by atoms with Crippen molar-refractivity contribution in [2.24, 2.45) is 5.73 Å². The van der Waals surface area contributed by atoms with Gasteiger partial charge in [-0.1, -0.05) is 11.8 Å². The maximum Gasteiger partial charge on any atom is 0.416 e. The van der Waals surface area contributed by atoms with Gasteiger partial charge in [0.25, 0.3) is 0 Å². The highest BCUT2D eigenvalue weighted by Gasteiger charge is 2.30. The Labute approximate surface area is 180 Å². The van der Waals surface area contributed by atoms with Crippen molar-refractivity contribution in [3.63, 3.8) is 0 Å². The molecule has 1 saturated heterocycles. The number of anilines is 1. The number of ether oxygens (including phenoxy) is 1. The van der Waals surface area contributed by atoms with Gasteiger partial charge in [0.2, 0.25) is 11.8 Å². The third-order valence-corrected chi connectivity index (χ3v) is 5.59. The van der Waals surface area contributed by atoms with Crippen LogP contribution >= 0.6 is 11.8 Å². The van der Waals surface area contributed by atoms with E-state index >= 15 is 0 Å². The highest BCUT2D eigenvalue weighted by molar-refractivity contribution is 7.99. The second-order valence-electron chi connectivity index (χ2n) is 7.02. The molecule has 2 heterocycles. The van der Waals surface area contributed by atoms with Crippen LogP contribution in [0.4, 0.5) is 18.9 Å². The van der Waals surface area contributed by atoms with E-state index < -0.39 is 23.6 Å². The van der Waals surface area contributed by atoms with Crippen LogP contribution in [0.3, 0.4) is 0 Å². The summed E-state index contributed by atoms with van der Waals surface area (Å²) in [5, 5.41) is 11.3. The zero-order chi connectivity index (χ0) is 22.4. The number of rotatable bonds is 9. The molecule has 1 aromatic carbocycles. The summed E-state index contributed by atoms with van der Waals surface area (Å²) >= 11 is 1.15. The van der Waals surface area contributed by atoms with Gasteiger partial charge in [-0.25, -0.2) is 0 Å². The van der Waals surface area contributed by atoms with Crippen LogP contribution in [0, 0.1) is 0 Å². The number of benzene rings is 1. The SMILES string of the molecule is NC(=O)CCc1nnc(SCC(=O)Nc2ccc(C(F)(F)F)cc2)n1CC1CCCO1. The predicted octanol–water partition coefficient (Wildman–Crippen LogP) is 2.62. The van der Waals surface area contributed by atoms with Crippen LogP contribution in [0.1, 0.15) is 30.7 Å². The van der Waals surface area contributed by atoms with Crippen molar-refractivity contribution in [3.8, 4) is 0 Å². The smallest absolute Gasteiger partial charge is 0.376 e. The van der Waals surface area contributed by atoms with Gasteiger partial charge in [-0.05, 0) is 37.1 Å². The summed E-state index contributed by atoms with van der Waals surface area (Å²) in [6.45, 7) is 1.19. The average molecular weight is 457 g/mol. The molecule has 3 N–H and O–H groups in total. The minimum atomic E-state index is -4.43. The van der Waals surface area contributed by atoms with E-state index in [4.69, 9.17) is 10.5 Å². The van der Waals surface area contributed by atoms with Gasteiger partial charge >= 0.3 is 6.18 Å². The first-order chi connectivity index (χ1) is 14.7. The number of amides is 2. The van der Waals surface area contributed by atoms with Crippen LogP contribution in [-0.4, -0.2) is 45.0 Å². The van der Waals surface area contributed by atoms with E-state index in [-0.39, 0.29) is 24.0 Å². The largest absolute Gasteiger partial charge is 0.416 e. The number of nitrogens with one attached hydrogen (secondary N) is 1. The lowest BCUT2D eigenvalue weighted by atomic mass is 10.2. The number of aryl methyl sites for hydroxylation is 1. The number of alkyl halides is 3. The molecule has 12 heteroatoms. The quantitative estimate of drug-likeness (QED) is 0.560. The Balaban J connectivity index is 1.61. The van der Waals surface area contributed by atoms with Crippen molar-refractivity contribution in [1.82, 2.24) is 14.8 Å². The molecule has 3 rings (SSSR count). The molecule has 1 aromatic heterocycles. The number of nitrogens with zero attached hydrogens (tertiary/aromatic N) is 3. The van der Waals surface area contributed by atoms with E-state index in [0.29, 0.717) is 30.6 Å². The maximum atomic E-state index is 12.6. The molecule has 0 radical (unpaired) electrons. The Bertz CT molecular complexity index is 912. The Morgan fingerprint density at radius 3 is 2.61 bits per heavy atom. The minimum absolute atomic E-state index is 0.00338. The van der Waals surface area contributed by atoms with Gasteiger partial charge in [0, 0.05) is 25.1 Å². The molecule has 8 nitrogen and oxygen atoms in total. The normalized spacial score (nSPS) is 16.4. The van der Waals surface area contributed by atoms with E-state index in [1.807, 2.05) is 4.57 Å². The molecule has 1 atom stereocenters. The van der Waals surface area contributed by atoms with Gasteiger partial charge in [-0.3, -0.25) is 9.59 Å². The number of aromatic nitrogens is 3. The molecule has 168 valence electrons. The lowest BCUT2D eigenvalue weighted by molar-refractivity contribution is -0.137. The Hall–Kier alpha value is -2.60. The summed E-state index contributed by atoms with van der Waals surface area (Å²) in [5.41, 5.74) is 4.70. The Morgan fingerprint density at radius 1 is 1.26 bits per heavy atom. The van der Waals surface area contributed by atoms with Gasteiger partial charge in [-0.2, -0.15) is 13.2 Å². The van der Waals surface area contributed by atoms with Crippen LogP contribution in [0.5, 0.6) is 0 Å². The summed E-state index contributed by atoms with van der Waals surface area (Å²) < 4.78 is 45.4. The second-order valence-corrected chi connectivity index (χ2v) is 7.97. The Kier molecular flexibility index (Phi) is 7.55. The van der Waals surface area contributed by atoms with Crippen LogP contribution in [-0.2, 0) is 33.5 Å². The van der Waals surface area contributed by atoms with E-state index in [1.165, 1.54) is 12.1 Å². The van der Waals surface area contributed by atoms with Crippen LogP contribution < -0.4 is 11.1 Å². The first-order valence-corrected chi connectivity index (χ1v) is 10.6. The maximum absolute atomic E-state index is 12.6. The number of thioether (sulfide) groups is 1. The number of carbonyl (C=O) groups excluding carboxylic acids is 2. The molecule has 2 aromatic rings. The first kappa shape index (κ1) is 23.1. The fraction of sp³-hybridized carbons (Fsp3) is 0.474. The summed E-state index contributed by atoms with van der Waals surface area (Å²) in [7, 11) is 0. The van der Waals surface area contributed by atoms with E-state index in [9.17, 15) is 22.8 Å². The molecule has 1 unspecified atom stereocenters. The van der Waals surface area contributed by atoms with E-state index in [1.54, 1.807) is 0 Å². The van der Waals surface area contributed by atoms with E-state index in [2.05, 4.69) is 15.5 Å². The van der Waals surface area contributed by atoms with Crippen molar-refractivity contribution >= 4 is 29.3 Å². The molecular weight excluding hydrogens is 435 g/mol. The molecule has 1 aliphatic rings. The number of halogens is 3. The molecule has 31 heavy (non-hydrogen) atoms. The monoisotopic (exact) mass is 457 g/mol. The number of nitrogens with two attached hydrogens (primary N) is 1. The minimum Gasteiger partial charge on any atom is -0.376 e. The van der Waals surface area contributed by atoms with Gasteiger partial charge in [0.05, 0.1) is 24.0 Å². The summed E-state index contributed by atoms with van der Waals surface area (Å²) in [6, 6.07) is 4.22. The van der Waals surface area contributed by atoms with Gasteiger partial charge < -0.3 is 20.4 Å². The highest BCUT2D eigenvalue weighted by Crippen LogP contribution is 2.30. The highest BCUT2D eigenvalue weighted by atomic mass is 32.2. The zero-order valence-corrected chi connectivity index (χ0v) is 17.3. The summed E-state index contributed by atoms with van der Waals surface area (Å²) in [4.78, 5) is 23.4. The lowest BCUT2D eigenvalue weighted by Crippen LogP contribution is -2.20. The number of hydrogen-bond acceptors (Lipinski definition) is 6. The van der Waals surface area contributed by atoms with Crippen molar-refractivity contribution in [2.45, 2.75) is 49.7 Å². The summed E-state index contributed by atoms with van der Waals surface area (Å²) in [6.07, 6.45) is -2.12. The average Bonchev–Trinajstić information content (AvgIpc) is 3.35. The third kappa shape index (κ3) is 6.69. The second kappa shape index (κ2) is 10.1. The van der Waals surface area contributed by atoms with E-state index in [0.717, 1.165) is 36.7 Å². The molecule has 0 bridgehead atoms. The van der Waals surface area contributed by atoms with Crippen molar-refractivity contribution in [1.29, 1.82) is 0 Å². The first-order valence-electron chi connectivity index (χ1n) is 9.64. The van der Waals surface area contributed by atoms with Gasteiger partial charge in [-0.15, -0.1) is 10.2 Å².